The molecule has 0 bridgehead atoms. The fraction of sp³-hybridized carbons (Fsp3) is 0.333. The van der Waals surface area contributed by atoms with Gasteiger partial charge in [-0.05, 0) is 24.6 Å². The normalized spacial score (nSPS) is 22.8. The van der Waals surface area contributed by atoms with E-state index in [-0.39, 0.29) is 17.5 Å². The maximum atomic E-state index is 9.44. The van der Waals surface area contributed by atoms with Crippen molar-refractivity contribution < 1.29 is 19.8 Å². The summed E-state index contributed by atoms with van der Waals surface area (Å²) in [5.41, 5.74) is 0.545. The Bertz CT molecular complexity index is 598. The molecule has 0 radical (unpaired) electrons. The number of aromatic hydroxyl groups is 2. The molecule has 1 fully saturated rings. The maximum Gasteiger partial charge on any atom is 0.244 e. The van der Waals surface area contributed by atoms with Crippen LogP contribution in [0.3, 0.4) is 0 Å². The van der Waals surface area contributed by atoms with Crippen molar-refractivity contribution in [2.45, 2.75) is 18.6 Å². The number of nitrogens with one attached hydrogen (secondary N) is 1. The van der Waals surface area contributed by atoms with Gasteiger partial charge in [0, 0.05) is 12.1 Å². The summed E-state index contributed by atoms with van der Waals surface area (Å²) in [6.07, 6.45) is 0.126. The Morgan fingerprint density at radius 3 is 2.79 bits per heavy atom. The van der Waals surface area contributed by atoms with Gasteiger partial charge in [-0.15, -0.1) is 0 Å². The van der Waals surface area contributed by atoms with Crippen molar-refractivity contribution in [1.82, 2.24) is 15.5 Å². The van der Waals surface area contributed by atoms with Crippen molar-refractivity contribution in [3.63, 3.8) is 0 Å². The molecule has 0 spiro atoms. The van der Waals surface area contributed by atoms with E-state index < -0.39 is 6.10 Å². The molecule has 1 aromatic heterocycles. The van der Waals surface area contributed by atoms with Crippen LogP contribution >= 0.6 is 0 Å². The van der Waals surface area contributed by atoms with E-state index in [9.17, 15) is 15.3 Å². The van der Waals surface area contributed by atoms with Gasteiger partial charge in [-0.3, -0.25) is 0 Å². The molecule has 7 nitrogen and oxygen atoms in total. The van der Waals surface area contributed by atoms with Crippen molar-refractivity contribution in [3.05, 3.63) is 24.1 Å². The zero-order valence-corrected chi connectivity index (χ0v) is 9.95. The molecule has 0 unspecified atom stereocenters. The average molecular weight is 263 g/mol. The van der Waals surface area contributed by atoms with Gasteiger partial charge < -0.3 is 25.2 Å². The largest absolute Gasteiger partial charge is 0.504 e. The van der Waals surface area contributed by atoms with Crippen LogP contribution in [0.4, 0.5) is 0 Å². The summed E-state index contributed by atoms with van der Waals surface area (Å²) < 4.78 is 5.14. The van der Waals surface area contributed by atoms with Crippen LogP contribution in [0.1, 0.15) is 18.4 Å². The third-order valence-electron chi connectivity index (χ3n) is 3.08. The van der Waals surface area contributed by atoms with E-state index >= 15 is 0 Å². The molecule has 1 aromatic carbocycles. The smallest absolute Gasteiger partial charge is 0.244 e. The molecule has 0 aliphatic carbocycles. The van der Waals surface area contributed by atoms with Crippen LogP contribution in [0.15, 0.2) is 22.7 Å². The molecule has 1 aliphatic rings. The van der Waals surface area contributed by atoms with Gasteiger partial charge in [0.25, 0.3) is 0 Å². The predicted octanol–water partition coefficient (Wildman–Crippen LogP) is 0.543. The number of aliphatic hydroxyl groups excluding tert-OH is 1. The quantitative estimate of drug-likeness (QED) is 0.585. The van der Waals surface area contributed by atoms with E-state index in [0.29, 0.717) is 30.2 Å². The number of nitrogens with zero attached hydrogens (tertiary/aromatic N) is 2. The summed E-state index contributed by atoms with van der Waals surface area (Å²) in [6, 6.07) is 4.15. The van der Waals surface area contributed by atoms with Crippen molar-refractivity contribution in [2.24, 2.45) is 0 Å². The Kier molecular flexibility index (Phi) is 2.84. The highest BCUT2D eigenvalue weighted by Crippen LogP contribution is 2.30. The van der Waals surface area contributed by atoms with Crippen molar-refractivity contribution in [3.8, 4) is 22.9 Å². The van der Waals surface area contributed by atoms with Crippen LogP contribution in [-0.4, -0.2) is 38.1 Å². The SMILES string of the molecule is Oc1ccc(-c2noc([C@@H]3C[C@H](O)CN3)n2)cc1O. The van der Waals surface area contributed by atoms with Crippen LogP contribution in [0.2, 0.25) is 0 Å². The maximum absolute atomic E-state index is 9.44. The van der Waals surface area contributed by atoms with Crippen LogP contribution in [0.25, 0.3) is 11.4 Å². The molecule has 7 heteroatoms. The molecular formula is C12H13N3O4. The van der Waals surface area contributed by atoms with E-state index in [1.54, 1.807) is 6.07 Å². The fourth-order valence-electron chi connectivity index (χ4n) is 2.06. The summed E-state index contributed by atoms with van der Waals surface area (Å²) in [4.78, 5) is 4.22. The summed E-state index contributed by atoms with van der Waals surface area (Å²) in [5.74, 6) is 0.291. The molecule has 2 heterocycles. The Morgan fingerprint density at radius 2 is 2.11 bits per heavy atom. The number of phenols is 2. The van der Waals surface area contributed by atoms with Crippen LogP contribution in [0, 0.1) is 0 Å². The first-order chi connectivity index (χ1) is 9.13. The summed E-state index contributed by atoms with van der Waals surface area (Å²) in [7, 11) is 0. The van der Waals surface area contributed by atoms with Crippen molar-refractivity contribution >= 4 is 0 Å². The standard InChI is InChI=1S/C12H13N3O4/c16-7-4-8(13-5-7)12-14-11(15-19-12)6-1-2-9(17)10(18)3-6/h1-3,7-8,13,16-18H,4-5H2/t7-,8-/m0/s1. The van der Waals surface area contributed by atoms with Crippen molar-refractivity contribution in [2.75, 3.05) is 6.54 Å². The third kappa shape index (κ3) is 2.25. The van der Waals surface area contributed by atoms with E-state index in [2.05, 4.69) is 15.5 Å². The highest BCUT2D eigenvalue weighted by molar-refractivity contribution is 5.59. The lowest BCUT2D eigenvalue weighted by atomic mass is 10.2. The second-order valence-electron chi connectivity index (χ2n) is 4.51. The minimum atomic E-state index is -0.405. The van der Waals surface area contributed by atoms with Gasteiger partial charge in [-0.1, -0.05) is 5.16 Å². The number of β-amino-alcohol motifs (C(OH)–C–C–N with tert-alkyl or cyclic N) is 1. The number of aliphatic hydroxyl groups is 1. The molecule has 1 saturated heterocycles. The Labute approximate surface area is 108 Å². The van der Waals surface area contributed by atoms with Gasteiger partial charge in [-0.25, -0.2) is 0 Å². The van der Waals surface area contributed by atoms with Gasteiger partial charge >= 0.3 is 0 Å². The van der Waals surface area contributed by atoms with Crippen LogP contribution in [0.5, 0.6) is 11.5 Å². The number of hydrogen-bond donors (Lipinski definition) is 4. The molecule has 2 atom stereocenters. The predicted molar refractivity (Wildman–Crippen MR) is 64.4 cm³/mol. The molecule has 0 saturated carbocycles. The number of benzene rings is 1. The third-order valence-corrected chi connectivity index (χ3v) is 3.08. The van der Waals surface area contributed by atoms with E-state index in [1.807, 2.05) is 0 Å². The van der Waals surface area contributed by atoms with Gasteiger partial charge in [0.1, 0.15) is 0 Å². The lowest BCUT2D eigenvalue weighted by Gasteiger charge is -2.01. The van der Waals surface area contributed by atoms with E-state index in [1.165, 1.54) is 12.1 Å². The van der Waals surface area contributed by atoms with Gasteiger partial charge in [0.05, 0.1) is 12.1 Å². The number of aromatic nitrogens is 2. The molecule has 4 N–H and O–H groups in total. The van der Waals surface area contributed by atoms with E-state index in [0.717, 1.165) is 0 Å². The zero-order chi connectivity index (χ0) is 13.4. The topological polar surface area (TPSA) is 112 Å². The highest BCUT2D eigenvalue weighted by Gasteiger charge is 2.28. The molecule has 19 heavy (non-hydrogen) atoms. The number of hydrogen-bond acceptors (Lipinski definition) is 7. The molecule has 0 amide bonds. The van der Waals surface area contributed by atoms with Crippen LogP contribution < -0.4 is 5.32 Å². The lowest BCUT2D eigenvalue weighted by Crippen LogP contribution is -2.15. The molecular weight excluding hydrogens is 250 g/mol. The van der Waals surface area contributed by atoms with Crippen molar-refractivity contribution in [1.29, 1.82) is 0 Å². The summed E-state index contributed by atoms with van der Waals surface area (Å²) in [6.45, 7) is 0.502. The Hall–Kier alpha value is -2.12. The molecule has 1 aliphatic heterocycles. The second kappa shape index (κ2) is 4.52. The summed E-state index contributed by atoms with van der Waals surface area (Å²) in [5, 5.41) is 35.0. The zero-order valence-electron chi connectivity index (χ0n) is 9.95. The monoisotopic (exact) mass is 263 g/mol. The van der Waals surface area contributed by atoms with E-state index in [4.69, 9.17) is 4.52 Å². The minimum absolute atomic E-state index is 0.151. The lowest BCUT2D eigenvalue weighted by molar-refractivity contribution is 0.191. The van der Waals surface area contributed by atoms with Gasteiger partial charge in [-0.2, -0.15) is 4.98 Å². The van der Waals surface area contributed by atoms with Crippen LogP contribution in [-0.2, 0) is 0 Å². The Balaban J connectivity index is 1.86. The van der Waals surface area contributed by atoms with Gasteiger partial charge in [0.15, 0.2) is 11.5 Å². The van der Waals surface area contributed by atoms with Gasteiger partial charge in [0.2, 0.25) is 11.7 Å². The first-order valence-corrected chi connectivity index (χ1v) is 5.91. The number of rotatable bonds is 2. The molecule has 3 rings (SSSR count). The second-order valence-corrected chi connectivity index (χ2v) is 4.51. The highest BCUT2D eigenvalue weighted by atomic mass is 16.5. The minimum Gasteiger partial charge on any atom is -0.504 e. The average Bonchev–Trinajstić information content (AvgIpc) is 3.01. The Morgan fingerprint density at radius 1 is 1.26 bits per heavy atom. The summed E-state index contributed by atoms with van der Waals surface area (Å²) >= 11 is 0. The molecule has 100 valence electrons. The first-order valence-electron chi connectivity index (χ1n) is 5.91. The first kappa shape index (κ1) is 11.9. The fourth-order valence-corrected chi connectivity index (χ4v) is 2.06. The molecule has 2 aromatic rings. The number of phenolic OH excluding ortho intramolecular Hbond substituents is 2.